The Morgan fingerprint density at radius 1 is 0.946 bits per heavy atom. The number of amides is 1. The van der Waals surface area contributed by atoms with Crippen LogP contribution in [0.1, 0.15) is 50.1 Å². The van der Waals surface area contributed by atoms with Gasteiger partial charge >= 0.3 is 0 Å². The van der Waals surface area contributed by atoms with E-state index in [1.807, 2.05) is 59.5 Å². The fourth-order valence-electron chi connectivity index (χ4n) is 5.00. The molecular weight excluding hydrogens is 462 g/mol. The molecule has 2 heterocycles. The topological polar surface area (TPSA) is 56.6 Å². The van der Waals surface area contributed by atoms with Gasteiger partial charge in [-0.1, -0.05) is 57.2 Å². The second-order valence-electron chi connectivity index (χ2n) is 10.8. The highest BCUT2D eigenvalue weighted by Crippen LogP contribution is 2.32. The Balaban J connectivity index is 1.30. The molecule has 192 valence electrons. The number of para-hydroxylation sites is 2. The minimum absolute atomic E-state index is 0.0456. The molecule has 0 bridgehead atoms. The van der Waals surface area contributed by atoms with Crippen molar-refractivity contribution < 1.29 is 14.3 Å². The maximum Gasteiger partial charge on any atom is 0.223 e. The number of likely N-dealkylation sites (tertiary alicyclic amines) is 1. The number of aromatic nitrogens is 2. The van der Waals surface area contributed by atoms with Gasteiger partial charge in [0.25, 0.3) is 0 Å². The number of carbonyl (C=O) groups is 1. The summed E-state index contributed by atoms with van der Waals surface area (Å²) in [6.45, 7) is 9.07. The van der Waals surface area contributed by atoms with Crippen LogP contribution in [0.25, 0.3) is 11.0 Å². The normalized spacial score (nSPS) is 15.9. The summed E-state index contributed by atoms with van der Waals surface area (Å²) in [5.74, 6) is 2.84. The molecule has 3 aromatic carbocycles. The van der Waals surface area contributed by atoms with Gasteiger partial charge in [-0.05, 0) is 52.9 Å². The second-order valence-corrected chi connectivity index (χ2v) is 10.8. The fraction of sp³-hybridized carbons (Fsp3) is 0.355. The highest BCUT2D eigenvalue weighted by atomic mass is 16.5. The predicted molar refractivity (Wildman–Crippen MR) is 146 cm³/mol. The number of ether oxygens (including phenoxy) is 2. The zero-order valence-corrected chi connectivity index (χ0v) is 22.1. The van der Waals surface area contributed by atoms with Gasteiger partial charge in [0.15, 0.2) is 0 Å². The number of benzene rings is 3. The van der Waals surface area contributed by atoms with E-state index in [2.05, 4.69) is 43.5 Å². The van der Waals surface area contributed by atoms with E-state index in [-0.39, 0.29) is 17.2 Å². The van der Waals surface area contributed by atoms with E-state index in [1.165, 1.54) is 5.56 Å². The molecular formula is C31H35N3O3. The van der Waals surface area contributed by atoms with Gasteiger partial charge in [0.1, 0.15) is 23.9 Å². The number of carbonyl (C=O) groups excluding carboxylic acids is 1. The van der Waals surface area contributed by atoms with Crippen LogP contribution in [-0.2, 0) is 23.3 Å². The van der Waals surface area contributed by atoms with Gasteiger partial charge in [-0.15, -0.1) is 0 Å². The Hall–Kier alpha value is -3.80. The number of fused-ring (bicyclic) bond motifs is 1. The van der Waals surface area contributed by atoms with Crippen LogP contribution < -0.4 is 9.47 Å². The molecule has 1 aliphatic heterocycles. The number of imidazole rings is 1. The molecule has 0 aliphatic carbocycles. The van der Waals surface area contributed by atoms with Crippen LogP contribution in [0.4, 0.5) is 0 Å². The molecule has 1 aromatic heterocycles. The van der Waals surface area contributed by atoms with Crippen molar-refractivity contribution in [3.8, 4) is 11.5 Å². The van der Waals surface area contributed by atoms with Gasteiger partial charge in [-0.3, -0.25) is 4.79 Å². The lowest BCUT2D eigenvalue weighted by Crippen LogP contribution is -2.24. The first-order chi connectivity index (χ1) is 17.8. The van der Waals surface area contributed by atoms with Crippen molar-refractivity contribution in [2.45, 2.75) is 51.6 Å². The molecule has 0 N–H and O–H groups in total. The minimum Gasteiger partial charge on any atom is -0.497 e. The Kier molecular flexibility index (Phi) is 6.92. The highest BCUT2D eigenvalue weighted by molar-refractivity contribution is 5.81. The molecule has 1 amide bonds. The Morgan fingerprint density at radius 2 is 1.65 bits per heavy atom. The quantitative estimate of drug-likeness (QED) is 0.302. The maximum absolute atomic E-state index is 12.9. The van der Waals surface area contributed by atoms with Crippen LogP contribution in [0.3, 0.4) is 0 Å². The third-order valence-electron chi connectivity index (χ3n) is 7.10. The maximum atomic E-state index is 12.9. The number of methoxy groups -OCH3 is 1. The van der Waals surface area contributed by atoms with E-state index in [0.29, 0.717) is 32.7 Å². The molecule has 0 spiro atoms. The van der Waals surface area contributed by atoms with Gasteiger partial charge < -0.3 is 18.9 Å². The predicted octanol–water partition coefficient (Wildman–Crippen LogP) is 5.94. The lowest BCUT2D eigenvalue weighted by molar-refractivity contribution is -0.128. The van der Waals surface area contributed by atoms with Gasteiger partial charge in [-0.25, -0.2) is 4.98 Å². The van der Waals surface area contributed by atoms with E-state index in [4.69, 9.17) is 14.5 Å². The van der Waals surface area contributed by atoms with Gasteiger partial charge in [0, 0.05) is 25.4 Å². The summed E-state index contributed by atoms with van der Waals surface area (Å²) in [6, 6.07) is 24.4. The van der Waals surface area contributed by atoms with Crippen LogP contribution in [0.5, 0.6) is 11.5 Å². The molecule has 0 saturated carbocycles. The molecule has 6 nitrogen and oxygen atoms in total. The average molecular weight is 498 g/mol. The number of rotatable bonds is 8. The standard InChI is InChI=1S/C31H35N3O3/c1-31(2,3)24-11-15-26(16-12-24)37-18-17-34-28-8-6-5-7-27(28)32-30(34)23-19-29(35)33(21-23)20-22-9-13-25(36-4)14-10-22/h5-16,23H,17-21H2,1-4H3. The van der Waals surface area contributed by atoms with Crippen molar-refractivity contribution in [2.75, 3.05) is 20.3 Å². The average Bonchev–Trinajstić information content (AvgIpc) is 3.44. The Morgan fingerprint density at radius 3 is 2.35 bits per heavy atom. The summed E-state index contributed by atoms with van der Waals surface area (Å²) >= 11 is 0. The van der Waals surface area contributed by atoms with Crippen LogP contribution >= 0.6 is 0 Å². The van der Waals surface area contributed by atoms with Crippen LogP contribution in [0, 0.1) is 0 Å². The van der Waals surface area contributed by atoms with Crippen molar-refractivity contribution in [1.29, 1.82) is 0 Å². The lowest BCUT2D eigenvalue weighted by Gasteiger charge is -2.19. The van der Waals surface area contributed by atoms with Crippen LogP contribution in [-0.4, -0.2) is 40.6 Å². The molecule has 37 heavy (non-hydrogen) atoms. The summed E-state index contributed by atoms with van der Waals surface area (Å²) in [5, 5.41) is 0. The largest absolute Gasteiger partial charge is 0.497 e. The Bertz CT molecular complexity index is 1370. The first-order valence-electron chi connectivity index (χ1n) is 12.9. The molecule has 1 aliphatic rings. The van der Waals surface area contributed by atoms with Gasteiger partial charge in [0.2, 0.25) is 5.91 Å². The van der Waals surface area contributed by atoms with E-state index >= 15 is 0 Å². The minimum atomic E-state index is 0.0456. The molecule has 5 rings (SSSR count). The van der Waals surface area contributed by atoms with E-state index < -0.39 is 0 Å². The SMILES string of the molecule is COc1ccc(CN2CC(c3nc4ccccc4n3CCOc3ccc(C(C)(C)C)cc3)CC2=O)cc1. The van der Waals surface area contributed by atoms with Crippen molar-refractivity contribution in [3.63, 3.8) is 0 Å². The monoisotopic (exact) mass is 497 g/mol. The van der Waals surface area contributed by atoms with Crippen molar-refractivity contribution in [2.24, 2.45) is 0 Å². The van der Waals surface area contributed by atoms with E-state index in [1.54, 1.807) is 7.11 Å². The number of nitrogens with zero attached hydrogens (tertiary/aromatic N) is 3. The Labute approximate surface area is 218 Å². The first kappa shape index (κ1) is 24.9. The highest BCUT2D eigenvalue weighted by Gasteiger charge is 2.34. The summed E-state index contributed by atoms with van der Waals surface area (Å²) in [4.78, 5) is 19.9. The zero-order valence-electron chi connectivity index (χ0n) is 22.1. The van der Waals surface area contributed by atoms with Crippen molar-refractivity contribution in [3.05, 3.63) is 89.7 Å². The molecule has 1 fully saturated rings. The fourth-order valence-corrected chi connectivity index (χ4v) is 5.00. The lowest BCUT2D eigenvalue weighted by atomic mass is 9.87. The third kappa shape index (κ3) is 5.48. The molecule has 0 radical (unpaired) electrons. The van der Waals surface area contributed by atoms with Crippen LogP contribution in [0.2, 0.25) is 0 Å². The summed E-state index contributed by atoms with van der Waals surface area (Å²) in [6.07, 6.45) is 0.467. The molecule has 1 saturated heterocycles. The number of hydrogen-bond donors (Lipinski definition) is 0. The summed E-state index contributed by atoms with van der Waals surface area (Å²) in [7, 11) is 1.66. The summed E-state index contributed by atoms with van der Waals surface area (Å²) < 4.78 is 13.6. The van der Waals surface area contributed by atoms with Crippen molar-refractivity contribution in [1.82, 2.24) is 14.5 Å². The molecule has 6 heteroatoms. The zero-order chi connectivity index (χ0) is 26.0. The van der Waals surface area contributed by atoms with E-state index in [9.17, 15) is 4.79 Å². The van der Waals surface area contributed by atoms with Crippen LogP contribution in [0.15, 0.2) is 72.8 Å². The van der Waals surface area contributed by atoms with Crippen molar-refractivity contribution >= 4 is 16.9 Å². The van der Waals surface area contributed by atoms with Gasteiger partial charge in [0.05, 0.1) is 24.7 Å². The summed E-state index contributed by atoms with van der Waals surface area (Å²) in [5.41, 5.74) is 4.52. The van der Waals surface area contributed by atoms with Gasteiger partial charge in [-0.2, -0.15) is 0 Å². The third-order valence-corrected chi connectivity index (χ3v) is 7.10. The molecule has 4 aromatic rings. The van der Waals surface area contributed by atoms with E-state index in [0.717, 1.165) is 33.9 Å². The molecule has 1 unspecified atom stereocenters. The second kappa shape index (κ2) is 10.3. The first-order valence-corrected chi connectivity index (χ1v) is 12.9. The number of hydrogen-bond acceptors (Lipinski definition) is 4. The molecule has 1 atom stereocenters. The smallest absolute Gasteiger partial charge is 0.223 e.